The summed E-state index contributed by atoms with van der Waals surface area (Å²) >= 11 is 0. The van der Waals surface area contributed by atoms with Crippen LogP contribution in [0.15, 0.2) is 24.3 Å². The van der Waals surface area contributed by atoms with Gasteiger partial charge in [-0.3, -0.25) is 4.79 Å². The molecule has 0 bridgehead atoms. The highest BCUT2D eigenvalue weighted by molar-refractivity contribution is 5.97. The molecule has 0 aromatic heterocycles. The first kappa shape index (κ1) is 10.4. The monoisotopic (exact) mass is 202 g/mol. The van der Waals surface area contributed by atoms with E-state index in [1.807, 2.05) is 18.2 Å². The van der Waals surface area contributed by atoms with Gasteiger partial charge in [0.2, 0.25) is 0 Å². The molecule has 1 fully saturated rings. The van der Waals surface area contributed by atoms with E-state index >= 15 is 0 Å². The summed E-state index contributed by atoms with van der Waals surface area (Å²) < 4.78 is 0. The third kappa shape index (κ3) is 2.47. The van der Waals surface area contributed by atoms with Crippen LogP contribution < -0.4 is 0 Å². The minimum absolute atomic E-state index is 0.335. The van der Waals surface area contributed by atoms with Crippen molar-refractivity contribution in [1.82, 2.24) is 0 Å². The zero-order chi connectivity index (χ0) is 10.8. The molecular formula is C14H18O. The van der Waals surface area contributed by atoms with E-state index in [0.717, 1.165) is 12.0 Å². The van der Waals surface area contributed by atoms with E-state index in [2.05, 4.69) is 19.9 Å². The second-order valence-corrected chi connectivity index (χ2v) is 4.81. The van der Waals surface area contributed by atoms with E-state index in [1.165, 1.54) is 18.4 Å². The summed E-state index contributed by atoms with van der Waals surface area (Å²) in [6, 6.07) is 8.03. The normalized spacial score (nSPS) is 15.7. The van der Waals surface area contributed by atoms with Gasteiger partial charge in [0.15, 0.2) is 5.78 Å². The molecule has 1 aliphatic carbocycles. The minimum Gasteiger partial charge on any atom is -0.294 e. The first-order valence-electron chi connectivity index (χ1n) is 5.80. The molecule has 0 unspecified atom stereocenters. The fraction of sp³-hybridized carbons (Fsp3) is 0.500. The van der Waals surface area contributed by atoms with Crippen molar-refractivity contribution in [3.8, 4) is 0 Å². The molecule has 0 heterocycles. The molecule has 0 spiro atoms. The molecule has 0 atom stereocenters. The highest BCUT2D eigenvalue weighted by atomic mass is 16.1. The number of hydrogen-bond acceptors (Lipinski definition) is 1. The summed E-state index contributed by atoms with van der Waals surface area (Å²) in [5.41, 5.74) is 2.14. The fourth-order valence-electron chi connectivity index (χ4n) is 1.95. The van der Waals surface area contributed by atoms with Crippen LogP contribution >= 0.6 is 0 Å². The molecule has 15 heavy (non-hydrogen) atoms. The molecule has 0 saturated heterocycles. The van der Waals surface area contributed by atoms with Crippen molar-refractivity contribution in [2.45, 2.75) is 39.0 Å². The van der Waals surface area contributed by atoms with Crippen LogP contribution in [0.5, 0.6) is 0 Å². The van der Waals surface area contributed by atoms with Gasteiger partial charge in [-0.05, 0) is 30.2 Å². The smallest absolute Gasteiger partial charge is 0.163 e. The Kier molecular flexibility index (Phi) is 2.90. The number of rotatable bonds is 4. The maximum absolute atomic E-state index is 12.0. The van der Waals surface area contributed by atoms with Crippen LogP contribution in [0.1, 0.15) is 54.9 Å². The lowest BCUT2D eigenvalue weighted by molar-refractivity contribution is 0.0975. The summed E-state index contributed by atoms with van der Waals surface area (Å²) in [5, 5.41) is 0. The summed E-state index contributed by atoms with van der Waals surface area (Å²) in [7, 11) is 0. The predicted octanol–water partition coefficient (Wildman–Crippen LogP) is 3.79. The van der Waals surface area contributed by atoms with Crippen molar-refractivity contribution in [3.05, 3.63) is 35.4 Å². The van der Waals surface area contributed by atoms with E-state index in [0.29, 0.717) is 17.6 Å². The first-order valence-corrected chi connectivity index (χ1v) is 5.80. The van der Waals surface area contributed by atoms with Crippen LogP contribution in [0.4, 0.5) is 0 Å². The summed E-state index contributed by atoms with van der Waals surface area (Å²) in [4.78, 5) is 12.0. The first-order chi connectivity index (χ1) is 7.18. The van der Waals surface area contributed by atoms with Gasteiger partial charge in [-0.25, -0.2) is 0 Å². The van der Waals surface area contributed by atoms with E-state index in [1.54, 1.807) is 0 Å². The Morgan fingerprint density at radius 1 is 1.33 bits per heavy atom. The Morgan fingerprint density at radius 3 is 2.60 bits per heavy atom. The van der Waals surface area contributed by atoms with Gasteiger partial charge in [-0.1, -0.05) is 38.1 Å². The molecule has 1 aromatic carbocycles. The number of hydrogen-bond donors (Lipinski definition) is 0. The molecule has 1 aliphatic rings. The minimum atomic E-state index is 0.335. The van der Waals surface area contributed by atoms with Crippen molar-refractivity contribution >= 4 is 5.78 Å². The van der Waals surface area contributed by atoms with Crippen LogP contribution in [-0.2, 0) is 0 Å². The molecule has 80 valence electrons. The van der Waals surface area contributed by atoms with Crippen LogP contribution in [0, 0.1) is 5.92 Å². The third-order valence-electron chi connectivity index (χ3n) is 3.05. The zero-order valence-electron chi connectivity index (χ0n) is 9.49. The average molecular weight is 202 g/mol. The Labute approximate surface area is 91.5 Å². The molecule has 1 aromatic rings. The van der Waals surface area contributed by atoms with Crippen molar-refractivity contribution in [2.24, 2.45) is 5.92 Å². The highest BCUT2D eigenvalue weighted by Crippen LogP contribution is 2.34. The maximum Gasteiger partial charge on any atom is 0.163 e. The summed E-state index contributed by atoms with van der Waals surface area (Å²) in [6.45, 7) is 4.28. The largest absolute Gasteiger partial charge is 0.294 e. The number of carbonyl (C=O) groups excluding carboxylic acids is 1. The van der Waals surface area contributed by atoms with Gasteiger partial charge in [-0.2, -0.15) is 0 Å². The molecule has 0 N–H and O–H groups in total. The Balaban J connectivity index is 2.21. The predicted molar refractivity (Wildman–Crippen MR) is 62.2 cm³/mol. The zero-order valence-corrected chi connectivity index (χ0v) is 9.49. The number of carbonyl (C=O) groups is 1. The molecule has 0 radical (unpaired) electrons. The van der Waals surface area contributed by atoms with Gasteiger partial charge in [0, 0.05) is 12.0 Å². The lowest BCUT2D eigenvalue weighted by Crippen LogP contribution is -2.05. The molecule has 1 saturated carbocycles. The Bertz CT molecular complexity index is 361. The van der Waals surface area contributed by atoms with Crippen LogP contribution in [-0.4, -0.2) is 5.78 Å². The second-order valence-electron chi connectivity index (χ2n) is 4.81. The van der Waals surface area contributed by atoms with Crippen LogP contribution in [0.3, 0.4) is 0 Å². The molecule has 1 nitrogen and oxygen atoms in total. The molecule has 2 rings (SSSR count). The quantitative estimate of drug-likeness (QED) is 0.679. The van der Waals surface area contributed by atoms with Crippen LogP contribution in [0.2, 0.25) is 0 Å². The van der Waals surface area contributed by atoms with Crippen LogP contribution in [0.25, 0.3) is 0 Å². The van der Waals surface area contributed by atoms with E-state index < -0.39 is 0 Å². The molecule has 1 heteroatoms. The lowest BCUT2D eigenvalue weighted by atomic mass is 9.93. The maximum atomic E-state index is 12.0. The number of ketones is 1. The van der Waals surface area contributed by atoms with Crippen molar-refractivity contribution in [1.29, 1.82) is 0 Å². The molecular weight excluding hydrogens is 184 g/mol. The lowest BCUT2D eigenvalue weighted by Gasteiger charge is -2.11. The molecule has 0 amide bonds. The van der Waals surface area contributed by atoms with Gasteiger partial charge in [-0.15, -0.1) is 0 Å². The summed E-state index contributed by atoms with van der Waals surface area (Å²) in [6.07, 6.45) is 3.24. The fourth-order valence-corrected chi connectivity index (χ4v) is 1.95. The number of benzene rings is 1. The van der Waals surface area contributed by atoms with E-state index in [-0.39, 0.29) is 0 Å². The second kappa shape index (κ2) is 4.18. The number of Topliss-reactive ketones (excluding diaryl/α,β-unsaturated/α-hetero) is 1. The highest BCUT2D eigenvalue weighted by Gasteiger charge is 2.25. The van der Waals surface area contributed by atoms with E-state index in [4.69, 9.17) is 0 Å². The van der Waals surface area contributed by atoms with Gasteiger partial charge in [0.25, 0.3) is 0 Å². The average Bonchev–Trinajstić information content (AvgIpc) is 3.01. The molecule has 0 aliphatic heterocycles. The van der Waals surface area contributed by atoms with Gasteiger partial charge < -0.3 is 0 Å². The third-order valence-corrected chi connectivity index (χ3v) is 3.05. The topological polar surface area (TPSA) is 17.1 Å². The van der Waals surface area contributed by atoms with E-state index in [9.17, 15) is 4.79 Å². The standard InChI is InChI=1S/C14H18O/c1-10(2)12-5-3-4-6-13(12)14(15)9-11-7-8-11/h3-6,10-11H,7-9H2,1-2H3. The Morgan fingerprint density at radius 2 is 2.00 bits per heavy atom. The SMILES string of the molecule is CC(C)c1ccccc1C(=O)CC1CC1. The van der Waals surface area contributed by atoms with Crippen molar-refractivity contribution in [2.75, 3.05) is 0 Å². The van der Waals surface area contributed by atoms with Crippen molar-refractivity contribution < 1.29 is 4.79 Å². The van der Waals surface area contributed by atoms with Gasteiger partial charge >= 0.3 is 0 Å². The van der Waals surface area contributed by atoms with Gasteiger partial charge in [0.1, 0.15) is 0 Å². The summed E-state index contributed by atoms with van der Waals surface area (Å²) in [5.74, 6) is 1.45. The van der Waals surface area contributed by atoms with Gasteiger partial charge in [0.05, 0.1) is 0 Å². The van der Waals surface area contributed by atoms with Crippen molar-refractivity contribution in [3.63, 3.8) is 0 Å². The Hall–Kier alpha value is -1.11.